The molecule has 0 saturated carbocycles. The zero-order valence-electron chi connectivity index (χ0n) is 11.1. The van der Waals surface area contributed by atoms with Gasteiger partial charge in [0.05, 0.1) is 6.54 Å². The number of nitrogens with one attached hydrogen (secondary N) is 1. The summed E-state index contributed by atoms with van der Waals surface area (Å²) in [6.07, 6.45) is 0. The first-order chi connectivity index (χ1) is 9.88. The van der Waals surface area contributed by atoms with Crippen LogP contribution >= 0.6 is 0 Å². The maximum atomic E-state index is 13.7. The van der Waals surface area contributed by atoms with Crippen molar-refractivity contribution in [3.8, 4) is 0 Å². The number of carboxylic acids is 1. The molecular formula is C14H13FN2O4. The number of rotatable bonds is 5. The van der Waals surface area contributed by atoms with Crippen molar-refractivity contribution in [3.63, 3.8) is 0 Å². The third-order valence-electron chi connectivity index (χ3n) is 2.95. The molecule has 0 unspecified atom stereocenters. The quantitative estimate of drug-likeness (QED) is 0.783. The number of anilines is 1. The molecule has 1 aromatic heterocycles. The van der Waals surface area contributed by atoms with Crippen LogP contribution in [-0.2, 0) is 6.54 Å². The zero-order chi connectivity index (χ0) is 15.6. The van der Waals surface area contributed by atoms with Crippen molar-refractivity contribution < 1.29 is 23.5 Å². The number of aromatic carboxylic acids is 1. The fraction of sp³-hybridized carbons (Fsp3) is 0.143. The molecule has 0 aliphatic heterocycles. The van der Waals surface area contributed by atoms with E-state index in [9.17, 15) is 14.0 Å². The molecule has 0 aliphatic carbocycles. The lowest BCUT2D eigenvalue weighted by Crippen LogP contribution is -2.13. The van der Waals surface area contributed by atoms with Gasteiger partial charge in [-0.15, -0.1) is 0 Å². The van der Waals surface area contributed by atoms with Crippen molar-refractivity contribution in [2.24, 2.45) is 5.73 Å². The van der Waals surface area contributed by atoms with Crippen molar-refractivity contribution in [3.05, 3.63) is 52.7 Å². The van der Waals surface area contributed by atoms with Crippen LogP contribution in [0.1, 0.15) is 32.2 Å². The lowest BCUT2D eigenvalue weighted by Gasteiger charge is -2.10. The molecule has 21 heavy (non-hydrogen) atoms. The van der Waals surface area contributed by atoms with Crippen LogP contribution in [0.3, 0.4) is 0 Å². The molecule has 0 spiro atoms. The number of hydrogen-bond donors (Lipinski definition) is 3. The Labute approximate surface area is 119 Å². The maximum Gasteiger partial charge on any atom is 0.371 e. The fourth-order valence-corrected chi connectivity index (χ4v) is 1.77. The van der Waals surface area contributed by atoms with Gasteiger partial charge in [-0.2, -0.15) is 0 Å². The Hall–Kier alpha value is -2.83. The topological polar surface area (TPSA) is 106 Å². The lowest BCUT2D eigenvalue weighted by atomic mass is 10.1. The second kappa shape index (κ2) is 5.66. The molecule has 2 rings (SSSR count). The molecule has 0 bridgehead atoms. The number of primary amides is 1. The number of hydrogen-bond acceptors (Lipinski definition) is 4. The molecule has 0 aliphatic rings. The van der Waals surface area contributed by atoms with E-state index in [0.29, 0.717) is 17.0 Å². The van der Waals surface area contributed by atoms with Gasteiger partial charge >= 0.3 is 5.97 Å². The Kier molecular flexibility index (Phi) is 3.93. The highest BCUT2D eigenvalue weighted by molar-refractivity contribution is 5.94. The maximum absolute atomic E-state index is 13.7. The normalized spacial score (nSPS) is 10.4. The van der Waals surface area contributed by atoms with E-state index >= 15 is 0 Å². The highest BCUT2D eigenvalue weighted by atomic mass is 19.1. The Morgan fingerprint density at radius 2 is 2.10 bits per heavy atom. The average Bonchev–Trinajstić information content (AvgIpc) is 2.89. The third kappa shape index (κ3) is 3.19. The van der Waals surface area contributed by atoms with E-state index in [1.165, 1.54) is 18.2 Å². The van der Waals surface area contributed by atoms with Crippen molar-refractivity contribution in [2.45, 2.75) is 13.5 Å². The summed E-state index contributed by atoms with van der Waals surface area (Å²) in [5.74, 6) is -2.26. The van der Waals surface area contributed by atoms with E-state index in [0.717, 1.165) is 6.07 Å². The fourth-order valence-electron chi connectivity index (χ4n) is 1.77. The smallest absolute Gasteiger partial charge is 0.371 e. The Morgan fingerprint density at radius 1 is 1.38 bits per heavy atom. The number of amides is 1. The number of carbonyl (C=O) groups excluding carboxylic acids is 1. The van der Waals surface area contributed by atoms with E-state index < -0.39 is 17.7 Å². The first-order valence-electron chi connectivity index (χ1n) is 6.04. The second-order valence-corrected chi connectivity index (χ2v) is 4.42. The van der Waals surface area contributed by atoms with Gasteiger partial charge < -0.3 is 20.6 Å². The molecular weight excluding hydrogens is 279 g/mol. The number of carboxylic acid groups (broad SMARTS) is 1. The van der Waals surface area contributed by atoms with Crippen molar-refractivity contribution in [1.82, 2.24) is 0 Å². The largest absolute Gasteiger partial charge is 0.475 e. The van der Waals surface area contributed by atoms with Gasteiger partial charge in [-0.05, 0) is 31.2 Å². The van der Waals surface area contributed by atoms with E-state index in [2.05, 4.69) is 5.32 Å². The molecule has 1 aromatic carbocycles. The van der Waals surface area contributed by atoms with Gasteiger partial charge in [0.15, 0.2) is 0 Å². The summed E-state index contributed by atoms with van der Waals surface area (Å²) in [6, 6.07) is 5.33. The van der Waals surface area contributed by atoms with Gasteiger partial charge in [0.25, 0.3) is 0 Å². The molecule has 4 N–H and O–H groups in total. The van der Waals surface area contributed by atoms with Crippen molar-refractivity contribution in [1.29, 1.82) is 0 Å². The first kappa shape index (κ1) is 14.6. The molecule has 110 valence electrons. The molecule has 0 atom stereocenters. The number of halogens is 1. The molecule has 1 heterocycles. The van der Waals surface area contributed by atoms with E-state index in [-0.39, 0.29) is 17.9 Å². The molecule has 0 fully saturated rings. The third-order valence-corrected chi connectivity index (χ3v) is 2.95. The minimum atomic E-state index is -1.17. The summed E-state index contributed by atoms with van der Waals surface area (Å²) in [7, 11) is 0. The molecule has 1 amide bonds. The summed E-state index contributed by atoms with van der Waals surface area (Å²) in [4.78, 5) is 21.8. The summed E-state index contributed by atoms with van der Waals surface area (Å²) in [6.45, 7) is 1.70. The lowest BCUT2D eigenvalue weighted by molar-refractivity contribution is 0.0660. The van der Waals surface area contributed by atoms with Crippen LogP contribution in [0.4, 0.5) is 10.1 Å². The first-order valence-corrected chi connectivity index (χ1v) is 6.04. The minimum absolute atomic E-state index is 0.0475. The van der Waals surface area contributed by atoms with E-state index in [4.69, 9.17) is 15.3 Å². The molecule has 7 heteroatoms. The van der Waals surface area contributed by atoms with Crippen LogP contribution in [-0.4, -0.2) is 17.0 Å². The number of furan rings is 1. The Bertz CT molecular complexity index is 709. The van der Waals surface area contributed by atoms with Gasteiger partial charge in [-0.3, -0.25) is 4.79 Å². The average molecular weight is 292 g/mol. The molecule has 0 radical (unpaired) electrons. The van der Waals surface area contributed by atoms with Crippen LogP contribution in [0.5, 0.6) is 0 Å². The second-order valence-electron chi connectivity index (χ2n) is 4.42. The summed E-state index contributed by atoms with van der Waals surface area (Å²) >= 11 is 0. The number of benzene rings is 1. The van der Waals surface area contributed by atoms with Gasteiger partial charge in [-0.25, -0.2) is 9.18 Å². The van der Waals surface area contributed by atoms with Crippen LogP contribution in [0.25, 0.3) is 0 Å². The Balaban J connectivity index is 2.18. The van der Waals surface area contributed by atoms with Gasteiger partial charge in [-0.1, -0.05) is 0 Å². The Morgan fingerprint density at radius 3 is 2.67 bits per heavy atom. The molecule has 6 nitrogen and oxygen atoms in total. The van der Waals surface area contributed by atoms with E-state index in [1.807, 2.05) is 0 Å². The van der Waals surface area contributed by atoms with Gasteiger partial charge in [0.2, 0.25) is 11.7 Å². The molecule has 2 aromatic rings. The number of nitrogens with two attached hydrogens (primary N) is 1. The van der Waals surface area contributed by atoms with Crippen LogP contribution in [0.15, 0.2) is 28.7 Å². The molecule has 0 saturated heterocycles. The summed E-state index contributed by atoms with van der Waals surface area (Å²) < 4.78 is 18.8. The minimum Gasteiger partial charge on any atom is -0.475 e. The van der Waals surface area contributed by atoms with Crippen LogP contribution in [0.2, 0.25) is 0 Å². The number of carbonyl (C=O) groups is 2. The zero-order valence-corrected chi connectivity index (χ0v) is 11.1. The van der Waals surface area contributed by atoms with Crippen molar-refractivity contribution >= 4 is 17.6 Å². The van der Waals surface area contributed by atoms with Gasteiger partial charge in [0, 0.05) is 16.8 Å². The van der Waals surface area contributed by atoms with E-state index in [1.54, 1.807) is 6.92 Å². The predicted molar refractivity (Wildman–Crippen MR) is 72.6 cm³/mol. The van der Waals surface area contributed by atoms with Crippen LogP contribution < -0.4 is 11.1 Å². The highest BCUT2D eigenvalue weighted by Crippen LogP contribution is 2.21. The van der Waals surface area contributed by atoms with Crippen LogP contribution in [0, 0.1) is 12.7 Å². The SMILES string of the molecule is Cc1c(F)cc(C(N)=O)cc1NCc1ccc(C(=O)O)o1. The van der Waals surface area contributed by atoms with Gasteiger partial charge in [0.1, 0.15) is 11.6 Å². The summed E-state index contributed by atoms with van der Waals surface area (Å²) in [5.41, 5.74) is 5.89. The standard InChI is InChI=1S/C14H13FN2O4/c1-7-10(15)4-8(13(16)18)5-11(7)17-6-9-2-3-12(21-9)14(19)20/h2-5,17H,6H2,1H3,(H2,16,18)(H,19,20). The summed E-state index contributed by atoms with van der Waals surface area (Å²) in [5, 5.41) is 11.6. The monoisotopic (exact) mass is 292 g/mol. The predicted octanol–water partition coefficient (Wildman–Crippen LogP) is 2.14. The highest BCUT2D eigenvalue weighted by Gasteiger charge is 2.12. The van der Waals surface area contributed by atoms with Crippen molar-refractivity contribution in [2.75, 3.05) is 5.32 Å².